The number of aromatic nitrogens is 1. The number of nitrogens with one attached hydrogen (secondary N) is 1. The second kappa shape index (κ2) is 5.78. The van der Waals surface area contributed by atoms with Crippen molar-refractivity contribution in [2.45, 2.75) is 26.8 Å². The standard InChI is InChI=1S/C11H17FN2O/c1-8(2)7-15-14-9(3)10-4-11(12)6-13-5-10/h4-6,8-9,14H,7H2,1-3H3. The van der Waals surface area contributed by atoms with Crippen LogP contribution in [0, 0.1) is 11.7 Å². The summed E-state index contributed by atoms with van der Waals surface area (Å²) in [4.78, 5) is 9.03. The van der Waals surface area contributed by atoms with E-state index >= 15 is 0 Å². The summed E-state index contributed by atoms with van der Waals surface area (Å²) in [6.07, 6.45) is 2.81. The van der Waals surface area contributed by atoms with E-state index in [2.05, 4.69) is 24.3 Å². The van der Waals surface area contributed by atoms with Gasteiger partial charge in [0.2, 0.25) is 0 Å². The Hall–Kier alpha value is -1.00. The molecule has 0 amide bonds. The molecule has 0 aliphatic rings. The zero-order chi connectivity index (χ0) is 11.3. The fourth-order valence-electron chi connectivity index (χ4n) is 1.07. The zero-order valence-electron chi connectivity index (χ0n) is 9.33. The molecule has 1 aromatic heterocycles. The maximum Gasteiger partial charge on any atom is 0.141 e. The van der Waals surface area contributed by atoms with Gasteiger partial charge >= 0.3 is 0 Å². The number of halogens is 1. The predicted molar refractivity (Wildman–Crippen MR) is 56.5 cm³/mol. The van der Waals surface area contributed by atoms with Gasteiger partial charge in [0.05, 0.1) is 18.8 Å². The number of hydrogen-bond acceptors (Lipinski definition) is 3. The maximum absolute atomic E-state index is 12.8. The number of rotatable bonds is 5. The Morgan fingerprint density at radius 3 is 2.73 bits per heavy atom. The molecule has 84 valence electrons. The number of hydrogen-bond donors (Lipinski definition) is 1. The molecule has 4 heteroatoms. The maximum atomic E-state index is 12.8. The van der Waals surface area contributed by atoms with E-state index in [0.717, 1.165) is 5.56 Å². The lowest BCUT2D eigenvalue weighted by Crippen LogP contribution is -2.21. The number of pyridine rings is 1. The topological polar surface area (TPSA) is 34.1 Å². The van der Waals surface area contributed by atoms with E-state index in [1.165, 1.54) is 12.3 Å². The zero-order valence-corrected chi connectivity index (χ0v) is 9.33. The number of nitrogens with zero attached hydrogens (tertiary/aromatic N) is 1. The highest BCUT2D eigenvalue weighted by Gasteiger charge is 2.06. The quantitative estimate of drug-likeness (QED) is 0.761. The molecule has 0 spiro atoms. The third-order valence-corrected chi connectivity index (χ3v) is 1.90. The summed E-state index contributed by atoms with van der Waals surface area (Å²) in [5.74, 6) is 0.139. The van der Waals surface area contributed by atoms with Gasteiger partial charge in [0.1, 0.15) is 5.82 Å². The first-order valence-corrected chi connectivity index (χ1v) is 5.07. The summed E-state index contributed by atoms with van der Waals surface area (Å²) in [6.45, 7) is 6.66. The lowest BCUT2D eigenvalue weighted by Gasteiger charge is -2.14. The first kappa shape index (κ1) is 12.1. The largest absolute Gasteiger partial charge is 0.301 e. The van der Waals surface area contributed by atoms with Gasteiger partial charge < -0.3 is 4.84 Å². The van der Waals surface area contributed by atoms with Gasteiger partial charge in [-0.3, -0.25) is 4.98 Å². The summed E-state index contributed by atoms with van der Waals surface area (Å²) >= 11 is 0. The molecule has 3 nitrogen and oxygen atoms in total. The van der Waals surface area contributed by atoms with Crippen molar-refractivity contribution in [3.05, 3.63) is 29.8 Å². The molecule has 1 heterocycles. The minimum absolute atomic E-state index is 0.0630. The van der Waals surface area contributed by atoms with Crippen molar-refractivity contribution < 1.29 is 9.23 Å². The van der Waals surface area contributed by atoms with Crippen LogP contribution in [0.4, 0.5) is 4.39 Å². The van der Waals surface area contributed by atoms with Gasteiger partial charge in [-0.25, -0.2) is 4.39 Å². The van der Waals surface area contributed by atoms with E-state index < -0.39 is 0 Å². The van der Waals surface area contributed by atoms with Crippen LogP contribution in [0.2, 0.25) is 0 Å². The lowest BCUT2D eigenvalue weighted by atomic mass is 10.1. The van der Waals surface area contributed by atoms with Crippen molar-refractivity contribution in [2.75, 3.05) is 6.61 Å². The summed E-state index contributed by atoms with van der Waals surface area (Å²) < 4.78 is 12.8. The van der Waals surface area contributed by atoms with E-state index in [4.69, 9.17) is 4.84 Å². The average Bonchev–Trinajstić information content (AvgIpc) is 2.17. The molecule has 0 bridgehead atoms. The first-order valence-electron chi connectivity index (χ1n) is 5.07. The van der Waals surface area contributed by atoms with E-state index in [1.807, 2.05) is 6.92 Å². The summed E-state index contributed by atoms with van der Waals surface area (Å²) in [7, 11) is 0. The molecule has 1 N–H and O–H groups in total. The Labute approximate surface area is 89.6 Å². The molecule has 1 aromatic rings. The minimum atomic E-state index is -0.329. The summed E-state index contributed by atoms with van der Waals surface area (Å²) in [5.41, 5.74) is 3.63. The van der Waals surface area contributed by atoms with Crippen LogP contribution in [0.3, 0.4) is 0 Å². The van der Waals surface area contributed by atoms with Crippen LogP contribution in [0.25, 0.3) is 0 Å². The van der Waals surface area contributed by atoms with Crippen molar-refractivity contribution in [3.63, 3.8) is 0 Å². The van der Waals surface area contributed by atoms with E-state index in [-0.39, 0.29) is 11.9 Å². The Balaban J connectivity index is 2.43. The monoisotopic (exact) mass is 212 g/mol. The van der Waals surface area contributed by atoms with Crippen molar-refractivity contribution >= 4 is 0 Å². The van der Waals surface area contributed by atoms with Crippen LogP contribution < -0.4 is 5.48 Å². The van der Waals surface area contributed by atoms with Crippen LogP contribution in [0.5, 0.6) is 0 Å². The van der Waals surface area contributed by atoms with Crippen molar-refractivity contribution in [1.82, 2.24) is 10.5 Å². The molecule has 0 fully saturated rings. The highest BCUT2D eigenvalue weighted by atomic mass is 19.1. The SMILES string of the molecule is CC(C)CONC(C)c1cncc(F)c1. The highest BCUT2D eigenvalue weighted by Crippen LogP contribution is 2.11. The second-order valence-electron chi connectivity index (χ2n) is 3.98. The Morgan fingerprint density at radius 1 is 1.40 bits per heavy atom. The van der Waals surface area contributed by atoms with Crippen molar-refractivity contribution in [1.29, 1.82) is 0 Å². The Morgan fingerprint density at radius 2 is 2.13 bits per heavy atom. The van der Waals surface area contributed by atoms with Crippen molar-refractivity contribution in [3.8, 4) is 0 Å². The predicted octanol–water partition coefficient (Wildman–Crippen LogP) is 2.46. The van der Waals surface area contributed by atoms with Gasteiger partial charge in [-0.2, -0.15) is 5.48 Å². The van der Waals surface area contributed by atoms with Gasteiger partial charge in [0, 0.05) is 6.20 Å². The molecule has 15 heavy (non-hydrogen) atoms. The van der Waals surface area contributed by atoms with E-state index in [1.54, 1.807) is 6.20 Å². The third-order valence-electron chi connectivity index (χ3n) is 1.90. The van der Waals surface area contributed by atoms with Crippen LogP contribution >= 0.6 is 0 Å². The molecule has 0 aliphatic heterocycles. The van der Waals surface area contributed by atoms with Crippen LogP contribution in [0.1, 0.15) is 32.4 Å². The Kier molecular flexibility index (Phi) is 4.65. The van der Waals surface area contributed by atoms with Gasteiger partial charge in [-0.05, 0) is 24.5 Å². The van der Waals surface area contributed by atoms with Gasteiger partial charge in [-0.15, -0.1) is 0 Å². The molecule has 0 aliphatic carbocycles. The lowest BCUT2D eigenvalue weighted by molar-refractivity contribution is 0.00398. The molecule has 0 saturated heterocycles. The smallest absolute Gasteiger partial charge is 0.141 e. The van der Waals surface area contributed by atoms with Gasteiger partial charge in [-0.1, -0.05) is 13.8 Å². The van der Waals surface area contributed by atoms with Crippen LogP contribution in [-0.2, 0) is 4.84 Å². The fourth-order valence-corrected chi connectivity index (χ4v) is 1.07. The van der Waals surface area contributed by atoms with Crippen molar-refractivity contribution in [2.24, 2.45) is 5.92 Å². The minimum Gasteiger partial charge on any atom is -0.301 e. The Bertz CT molecular complexity index is 304. The third kappa shape index (κ3) is 4.36. The van der Waals surface area contributed by atoms with E-state index in [0.29, 0.717) is 12.5 Å². The molecular weight excluding hydrogens is 195 g/mol. The summed E-state index contributed by atoms with van der Waals surface area (Å²) in [5, 5.41) is 0. The molecule has 0 radical (unpaired) electrons. The molecule has 0 saturated carbocycles. The normalized spacial score (nSPS) is 13.1. The van der Waals surface area contributed by atoms with Gasteiger partial charge in [0.25, 0.3) is 0 Å². The molecule has 1 atom stereocenters. The van der Waals surface area contributed by atoms with Crippen LogP contribution in [0.15, 0.2) is 18.5 Å². The summed E-state index contributed by atoms with van der Waals surface area (Å²) in [6, 6.07) is 1.38. The highest BCUT2D eigenvalue weighted by molar-refractivity contribution is 5.13. The average molecular weight is 212 g/mol. The molecular formula is C11H17FN2O. The van der Waals surface area contributed by atoms with E-state index in [9.17, 15) is 4.39 Å². The molecule has 0 aromatic carbocycles. The molecule has 1 rings (SSSR count). The second-order valence-corrected chi connectivity index (χ2v) is 3.98. The van der Waals surface area contributed by atoms with Crippen LogP contribution in [-0.4, -0.2) is 11.6 Å². The molecule has 1 unspecified atom stereocenters. The van der Waals surface area contributed by atoms with Gasteiger partial charge in [0.15, 0.2) is 0 Å². The number of hydroxylamine groups is 1. The fraction of sp³-hybridized carbons (Fsp3) is 0.545. The first-order chi connectivity index (χ1) is 7.09.